The lowest BCUT2D eigenvalue weighted by molar-refractivity contribution is 0.416. The van der Waals surface area contributed by atoms with Gasteiger partial charge in [-0.05, 0) is 24.3 Å². The molecule has 18 heavy (non-hydrogen) atoms. The molecular formula is C14H11BrN2O. The maximum atomic E-state index is 5.36. The number of pyridine rings is 1. The molecule has 0 radical (unpaired) electrons. The van der Waals surface area contributed by atoms with Crippen molar-refractivity contribution in [3.8, 4) is 17.0 Å². The van der Waals surface area contributed by atoms with Crippen molar-refractivity contribution in [2.24, 2.45) is 0 Å². The minimum atomic E-state index is 0.833. The molecule has 2 aromatic heterocycles. The van der Waals surface area contributed by atoms with E-state index in [4.69, 9.17) is 4.74 Å². The Bertz CT molecular complexity index is 706. The van der Waals surface area contributed by atoms with Crippen LogP contribution in [-0.2, 0) is 0 Å². The predicted molar refractivity (Wildman–Crippen MR) is 74.9 cm³/mol. The molecule has 2 heterocycles. The van der Waals surface area contributed by atoms with E-state index in [2.05, 4.69) is 20.9 Å². The molecule has 3 aromatic rings. The summed E-state index contributed by atoms with van der Waals surface area (Å²) >= 11 is 3.45. The predicted octanol–water partition coefficient (Wildman–Crippen LogP) is 3.77. The summed E-state index contributed by atoms with van der Waals surface area (Å²) in [6, 6.07) is 11.9. The summed E-state index contributed by atoms with van der Waals surface area (Å²) < 4.78 is 8.37. The Hall–Kier alpha value is -1.81. The summed E-state index contributed by atoms with van der Waals surface area (Å²) in [5.74, 6) is 0.833. The van der Waals surface area contributed by atoms with Crippen LogP contribution in [0.1, 0.15) is 0 Å². The van der Waals surface area contributed by atoms with E-state index in [1.807, 2.05) is 53.2 Å². The number of para-hydroxylation sites is 1. The van der Waals surface area contributed by atoms with Crippen molar-refractivity contribution in [1.82, 2.24) is 9.38 Å². The Morgan fingerprint density at radius 3 is 2.89 bits per heavy atom. The number of halogens is 1. The van der Waals surface area contributed by atoms with Gasteiger partial charge in [0.15, 0.2) is 0 Å². The zero-order chi connectivity index (χ0) is 12.5. The summed E-state index contributed by atoms with van der Waals surface area (Å²) in [5.41, 5.74) is 2.82. The summed E-state index contributed by atoms with van der Waals surface area (Å²) in [6.45, 7) is 0. The number of hydrogen-bond donors (Lipinski definition) is 0. The van der Waals surface area contributed by atoms with Crippen LogP contribution in [0.2, 0.25) is 0 Å². The zero-order valence-corrected chi connectivity index (χ0v) is 11.4. The molecule has 1 aromatic carbocycles. The highest BCUT2D eigenvalue weighted by atomic mass is 79.9. The van der Waals surface area contributed by atoms with Crippen molar-refractivity contribution in [3.05, 3.63) is 53.3 Å². The van der Waals surface area contributed by atoms with Crippen molar-refractivity contribution >= 4 is 21.6 Å². The molecule has 0 bridgehead atoms. The molecule has 0 aliphatic heterocycles. The van der Waals surface area contributed by atoms with Gasteiger partial charge in [0.1, 0.15) is 11.4 Å². The third-order valence-electron chi connectivity index (χ3n) is 2.81. The van der Waals surface area contributed by atoms with Crippen LogP contribution in [0, 0.1) is 0 Å². The van der Waals surface area contributed by atoms with Crippen LogP contribution in [0.4, 0.5) is 0 Å². The molecule has 0 aliphatic rings. The molecule has 0 atom stereocenters. The Kier molecular flexibility index (Phi) is 2.80. The molecule has 3 nitrogen and oxygen atoms in total. The number of hydrogen-bond acceptors (Lipinski definition) is 2. The molecule has 0 fully saturated rings. The van der Waals surface area contributed by atoms with Crippen LogP contribution in [-0.4, -0.2) is 16.5 Å². The van der Waals surface area contributed by atoms with E-state index in [-0.39, 0.29) is 0 Å². The highest BCUT2D eigenvalue weighted by molar-refractivity contribution is 9.10. The lowest BCUT2D eigenvalue weighted by atomic mass is 10.1. The molecule has 0 saturated heterocycles. The second-order valence-corrected chi connectivity index (χ2v) is 4.85. The summed E-state index contributed by atoms with van der Waals surface area (Å²) in [6.07, 6.45) is 3.98. The van der Waals surface area contributed by atoms with Crippen LogP contribution < -0.4 is 4.74 Å². The summed E-state index contributed by atoms with van der Waals surface area (Å²) in [7, 11) is 1.67. The van der Waals surface area contributed by atoms with Crippen LogP contribution in [0.3, 0.4) is 0 Å². The SMILES string of the molecule is COc1ccccc1-c1cn2ccc(Br)cc2n1. The van der Waals surface area contributed by atoms with Gasteiger partial charge in [-0.3, -0.25) is 0 Å². The lowest BCUT2D eigenvalue weighted by Gasteiger charge is -2.04. The molecular weight excluding hydrogens is 292 g/mol. The maximum Gasteiger partial charge on any atom is 0.138 e. The minimum absolute atomic E-state index is 0.833. The molecule has 0 unspecified atom stereocenters. The van der Waals surface area contributed by atoms with Gasteiger partial charge in [0.2, 0.25) is 0 Å². The summed E-state index contributed by atoms with van der Waals surface area (Å²) in [5, 5.41) is 0. The van der Waals surface area contributed by atoms with Gasteiger partial charge in [0, 0.05) is 22.4 Å². The van der Waals surface area contributed by atoms with Gasteiger partial charge >= 0.3 is 0 Å². The normalized spacial score (nSPS) is 10.8. The first-order chi connectivity index (χ1) is 8.78. The van der Waals surface area contributed by atoms with Gasteiger partial charge in [-0.1, -0.05) is 28.1 Å². The first-order valence-corrected chi connectivity index (χ1v) is 6.35. The average Bonchev–Trinajstić information content (AvgIpc) is 2.81. The Morgan fingerprint density at radius 1 is 1.22 bits per heavy atom. The van der Waals surface area contributed by atoms with E-state index in [0.717, 1.165) is 27.1 Å². The lowest BCUT2D eigenvalue weighted by Crippen LogP contribution is -1.86. The largest absolute Gasteiger partial charge is 0.496 e. The van der Waals surface area contributed by atoms with Crippen molar-refractivity contribution < 1.29 is 4.74 Å². The number of methoxy groups -OCH3 is 1. The van der Waals surface area contributed by atoms with Crippen molar-refractivity contribution in [2.75, 3.05) is 7.11 Å². The molecule has 4 heteroatoms. The highest BCUT2D eigenvalue weighted by Gasteiger charge is 2.09. The third kappa shape index (κ3) is 1.88. The van der Waals surface area contributed by atoms with E-state index in [1.165, 1.54) is 0 Å². The van der Waals surface area contributed by atoms with Crippen LogP contribution in [0.25, 0.3) is 16.9 Å². The number of aromatic nitrogens is 2. The van der Waals surface area contributed by atoms with Gasteiger partial charge in [0.25, 0.3) is 0 Å². The fourth-order valence-electron chi connectivity index (χ4n) is 1.94. The molecule has 3 rings (SSSR count). The number of ether oxygens (including phenoxy) is 1. The highest BCUT2D eigenvalue weighted by Crippen LogP contribution is 2.29. The third-order valence-corrected chi connectivity index (χ3v) is 3.30. The number of benzene rings is 1. The number of nitrogens with zero attached hydrogens (tertiary/aromatic N) is 2. The Morgan fingerprint density at radius 2 is 2.06 bits per heavy atom. The maximum absolute atomic E-state index is 5.36. The van der Waals surface area contributed by atoms with Crippen molar-refractivity contribution in [3.63, 3.8) is 0 Å². The molecule has 0 N–H and O–H groups in total. The quantitative estimate of drug-likeness (QED) is 0.720. The monoisotopic (exact) mass is 302 g/mol. The Balaban J connectivity index is 2.19. The van der Waals surface area contributed by atoms with E-state index in [9.17, 15) is 0 Å². The van der Waals surface area contributed by atoms with Gasteiger partial charge in [-0.15, -0.1) is 0 Å². The van der Waals surface area contributed by atoms with Gasteiger partial charge in [-0.2, -0.15) is 0 Å². The molecule has 0 spiro atoms. The van der Waals surface area contributed by atoms with Crippen molar-refractivity contribution in [1.29, 1.82) is 0 Å². The van der Waals surface area contributed by atoms with E-state index in [0.29, 0.717) is 0 Å². The van der Waals surface area contributed by atoms with Crippen LogP contribution in [0.15, 0.2) is 53.3 Å². The first-order valence-electron chi connectivity index (χ1n) is 5.55. The second-order valence-electron chi connectivity index (χ2n) is 3.94. The van der Waals surface area contributed by atoms with Crippen LogP contribution >= 0.6 is 15.9 Å². The number of fused-ring (bicyclic) bond motifs is 1. The van der Waals surface area contributed by atoms with Crippen LogP contribution in [0.5, 0.6) is 5.75 Å². The topological polar surface area (TPSA) is 26.5 Å². The molecule has 0 saturated carbocycles. The molecule has 0 aliphatic carbocycles. The smallest absolute Gasteiger partial charge is 0.138 e. The molecule has 90 valence electrons. The van der Waals surface area contributed by atoms with E-state index in [1.54, 1.807) is 7.11 Å². The average molecular weight is 303 g/mol. The second kappa shape index (κ2) is 4.46. The van der Waals surface area contributed by atoms with Gasteiger partial charge < -0.3 is 9.14 Å². The van der Waals surface area contributed by atoms with Crippen molar-refractivity contribution in [2.45, 2.75) is 0 Å². The number of rotatable bonds is 2. The van der Waals surface area contributed by atoms with E-state index < -0.39 is 0 Å². The van der Waals surface area contributed by atoms with Gasteiger partial charge in [-0.25, -0.2) is 4.98 Å². The zero-order valence-electron chi connectivity index (χ0n) is 9.80. The van der Waals surface area contributed by atoms with E-state index >= 15 is 0 Å². The standard InChI is InChI=1S/C14H11BrN2O/c1-18-13-5-3-2-4-11(13)12-9-17-7-6-10(15)8-14(17)16-12/h2-9H,1H3. The minimum Gasteiger partial charge on any atom is -0.496 e. The van der Waals surface area contributed by atoms with Gasteiger partial charge in [0.05, 0.1) is 12.8 Å². The molecule has 0 amide bonds. The fourth-order valence-corrected chi connectivity index (χ4v) is 2.27. The Labute approximate surface area is 113 Å². The first kappa shape index (κ1) is 11.3. The summed E-state index contributed by atoms with van der Waals surface area (Å²) in [4.78, 5) is 4.61. The number of imidazole rings is 1. The fraction of sp³-hybridized carbons (Fsp3) is 0.0714.